The van der Waals surface area contributed by atoms with Crippen LogP contribution < -0.4 is 14.4 Å². The number of nitrogens with zero attached hydrogens (tertiary/aromatic N) is 2. The van der Waals surface area contributed by atoms with Crippen molar-refractivity contribution in [3.05, 3.63) is 53.1 Å². The molecule has 1 fully saturated rings. The minimum absolute atomic E-state index is 0.00230. The van der Waals surface area contributed by atoms with Crippen molar-refractivity contribution >= 4 is 17.5 Å². The molecule has 0 N–H and O–H groups in total. The highest BCUT2D eigenvalue weighted by molar-refractivity contribution is 6.00. The molecule has 2 aromatic rings. The lowest BCUT2D eigenvalue weighted by Crippen LogP contribution is -2.40. The van der Waals surface area contributed by atoms with Crippen molar-refractivity contribution in [2.75, 3.05) is 32.2 Å². The molecule has 2 aliphatic heterocycles. The Hall–Kier alpha value is -3.16. The van der Waals surface area contributed by atoms with Crippen molar-refractivity contribution in [1.29, 1.82) is 0 Å². The number of methoxy groups -OCH3 is 2. The maximum atomic E-state index is 14.1. The van der Waals surface area contributed by atoms with Crippen LogP contribution in [0.5, 0.6) is 11.5 Å². The highest BCUT2D eigenvalue weighted by atomic mass is 19.1. The number of hydrogen-bond acceptors (Lipinski definition) is 4. The second-order valence-corrected chi connectivity index (χ2v) is 7.49. The normalized spacial score (nSPS) is 18.4. The standard InChI is InChI=1S/C22H22F2N2O4/c1-29-19-7-13-5-6-25(11-14(13)8-20(19)30-2)22(28)15-9-21(27)26(12-15)18-4-3-16(23)10-17(18)24/h3-4,7-8,10,15H,5-6,9,11-12H2,1-2H3. The molecule has 0 spiro atoms. The zero-order valence-corrected chi connectivity index (χ0v) is 16.8. The molecular formula is C22H22F2N2O4. The van der Waals surface area contributed by atoms with Crippen LogP contribution in [0.1, 0.15) is 17.5 Å². The van der Waals surface area contributed by atoms with E-state index >= 15 is 0 Å². The van der Waals surface area contributed by atoms with Gasteiger partial charge in [0.1, 0.15) is 11.6 Å². The second-order valence-electron chi connectivity index (χ2n) is 7.49. The molecule has 2 aromatic carbocycles. The highest BCUT2D eigenvalue weighted by Crippen LogP contribution is 2.34. The monoisotopic (exact) mass is 416 g/mol. The topological polar surface area (TPSA) is 59.1 Å². The van der Waals surface area contributed by atoms with E-state index in [0.29, 0.717) is 31.0 Å². The molecule has 1 atom stereocenters. The number of hydrogen-bond donors (Lipinski definition) is 0. The SMILES string of the molecule is COc1cc2c(cc1OC)CN(C(=O)C1CC(=O)N(c3ccc(F)cc3F)C1)CC2. The van der Waals surface area contributed by atoms with Gasteiger partial charge in [-0.3, -0.25) is 9.59 Å². The Morgan fingerprint density at radius 2 is 1.77 bits per heavy atom. The van der Waals surface area contributed by atoms with E-state index in [1.807, 2.05) is 12.1 Å². The summed E-state index contributed by atoms with van der Waals surface area (Å²) in [4.78, 5) is 28.5. The third kappa shape index (κ3) is 3.58. The van der Waals surface area contributed by atoms with Crippen LogP contribution in [-0.4, -0.2) is 44.0 Å². The molecule has 1 unspecified atom stereocenters. The van der Waals surface area contributed by atoms with E-state index in [4.69, 9.17) is 9.47 Å². The molecule has 2 aliphatic rings. The second kappa shape index (κ2) is 7.93. The molecular weight excluding hydrogens is 394 g/mol. The van der Waals surface area contributed by atoms with Crippen molar-refractivity contribution in [3.63, 3.8) is 0 Å². The van der Waals surface area contributed by atoms with E-state index in [2.05, 4.69) is 0 Å². The Morgan fingerprint density at radius 1 is 1.07 bits per heavy atom. The predicted octanol–water partition coefficient (Wildman–Crippen LogP) is 2.92. The van der Waals surface area contributed by atoms with Gasteiger partial charge in [-0.2, -0.15) is 0 Å². The van der Waals surface area contributed by atoms with Crippen LogP contribution in [0.15, 0.2) is 30.3 Å². The first-order valence-electron chi connectivity index (χ1n) is 9.69. The smallest absolute Gasteiger partial charge is 0.228 e. The molecule has 6 nitrogen and oxygen atoms in total. The highest BCUT2D eigenvalue weighted by Gasteiger charge is 2.39. The van der Waals surface area contributed by atoms with Crippen molar-refractivity contribution in [3.8, 4) is 11.5 Å². The summed E-state index contributed by atoms with van der Waals surface area (Å²) in [6.45, 7) is 1.01. The summed E-state index contributed by atoms with van der Waals surface area (Å²) in [5.74, 6) is -1.34. The summed E-state index contributed by atoms with van der Waals surface area (Å²) < 4.78 is 38.0. The van der Waals surface area contributed by atoms with Gasteiger partial charge in [0, 0.05) is 32.1 Å². The molecule has 2 amide bonds. The van der Waals surface area contributed by atoms with Gasteiger partial charge < -0.3 is 19.3 Å². The number of fused-ring (bicyclic) bond motifs is 1. The fourth-order valence-electron chi connectivity index (χ4n) is 4.14. The fourth-order valence-corrected chi connectivity index (χ4v) is 4.14. The Kier molecular flexibility index (Phi) is 5.32. The number of carbonyl (C=O) groups is 2. The summed E-state index contributed by atoms with van der Waals surface area (Å²) in [5.41, 5.74) is 2.06. The van der Waals surface area contributed by atoms with Gasteiger partial charge in [0.05, 0.1) is 25.8 Å². The van der Waals surface area contributed by atoms with E-state index in [1.165, 1.54) is 11.0 Å². The Labute approximate surface area is 173 Å². The van der Waals surface area contributed by atoms with Gasteiger partial charge in [0.2, 0.25) is 11.8 Å². The average molecular weight is 416 g/mol. The Morgan fingerprint density at radius 3 is 2.43 bits per heavy atom. The third-order valence-corrected chi connectivity index (χ3v) is 5.70. The van der Waals surface area contributed by atoms with Crippen molar-refractivity contribution in [2.24, 2.45) is 5.92 Å². The third-order valence-electron chi connectivity index (χ3n) is 5.70. The average Bonchev–Trinajstić information content (AvgIpc) is 3.13. The molecule has 0 saturated carbocycles. The number of anilines is 1. The molecule has 0 aromatic heterocycles. The Balaban J connectivity index is 1.50. The van der Waals surface area contributed by atoms with Gasteiger partial charge in [-0.15, -0.1) is 0 Å². The van der Waals surface area contributed by atoms with Gasteiger partial charge in [0.25, 0.3) is 0 Å². The quantitative estimate of drug-likeness (QED) is 0.769. The summed E-state index contributed by atoms with van der Waals surface area (Å²) in [6, 6.07) is 6.86. The van der Waals surface area contributed by atoms with Gasteiger partial charge in [-0.25, -0.2) is 8.78 Å². The fraction of sp³-hybridized carbons (Fsp3) is 0.364. The maximum Gasteiger partial charge on any atom is 0.228 e. The van der Waals surface area contributed by atoms with Crippen LogP contribution in [0.4, 0.5) is 14.5 Å². The molecule has 2 heterocycles. The first-order chi connectivity index (χ1) is 14.4. The molecule has 30 heavy (non-hydrogen) atoms. The lowest BCUT2D eigenvalue weighted by Gasteiger charge is -2.31. The number of ether oxygens (including phenoxy) is 2. The van der Waals surface area contributed by atoms with Crippen molar-refractivity contribution in [2.45, 2.75) is 19.4 Å². The van der Waals surface area contributed by atoms with E-state index in [0.717, 1.165) is 23.3 Å². The van der Waals surface area contributed by atoms with Crippen LogP contribution in [-0.2, 0) is 22.6 Å². The molecule has 158 valence electrons. The zero-order chi connectivity index (χ0) is 21.4. The molecule has 8 heteroatoms. The van der Waals surface area contributed by atoms with E-state index in [-0.39, 0.29) is 30.5 Å². The minimum Gasteiger partial charge on any atom is -0.493 e. The van der Waals surface area contributed by atoms with Crippen LogP contribution in [0, 0.1) is 17.6 Å². The first-order valence-corrected chi connectivity index (χ1v) is 9.69. The van der Waals surface area contributed by atoms with Gasteiger partial charge in [-0.1, -0.05) is 0 Å². The molecule has 0 aliphatic carbocycles. The summed E-state index contributed by atoms with van der Waals surface area (Å²) >= 11 is 0. The van der Waals surface area contributed by atoms with E-state index in [9.17, 15) is 18.4 Å². The van der Waals surface area contributed by atoms with Gasteiger partial charge >= 0.3 is 0 Å². The number of amides is 2. The maximum absolute atomic E-state index is 14.1. The summed E-state index contributed by atoms with van der Waals surface area (Å²) in [5, 5.41) is 0. The predicted molar refractivity (Wildman–Crippen MR) is 105 cm³/mol. The number of benzene rings is 2. The summed E-state index contributed by atoms with van der Waals surface area (Å²) in [6.07, 6.45) is 0.670. The van der Waals surface area contributed by atoms with E-state index < -0.39 is 17.6 Å². The van der Waals surface area contributed by atoms with Gasteiger partial charge in [0.15, 0.2) is 11.5 Å². The molecule has 1 saturated heterocycles. The molecule has 0 radical (unpaired) electrons. The summed E-state index contributed by atoms with van der Waals surface area (Å²) in [7, 11) is 3.14. The van der Waals surface area contributed by atoms with Crippen LogP contribution >= 0.6 is 0 Å². The number of halogens is 2. The largest absolute Gasteiger partial charge is 0.493 e. The first kappa shape index (κ1) is 20.1. The van der Waals surface area contributed by atoms with E-state index in [1.54, 1.807) is 19.1 Å². The number of carbonyl (C=O) groups excluding carboxylic acids is 2. The minimum atomic E-state index is -0.815. The molecule has 4 rings (SSSR count). The Bertz CT molecular complexity index is 1010. The zero-order valence-electron chi connectivity index (χ0n) is 16.8. The van der Waals surface area contributed by atoms with Crippen LogP contribution in [0.3, 0.4) is 0 Å². The lowest BCUT2D eigenvalue weighted by atomic mass is 9.97. The van der Waals surface area contributed by atoms with Crippen molar-refractivity contribution < 1.29 is 27.8 Å². The van der Waals surface area contributed by atoms with Crippen LogP contribution in [0.2, 0.25) is 0 Å². The number of rotatable bonds is 4. The molecule has 0 bridgehead atoms. The lowest BCUT2D eigenvalue weighted by molar-refractivity contribution is -0.136. The van der Waals surface area contributed by atoms with Gasteiger partial charge in [-0.05, 0) is 41.8 Å². The van der Waals surface area contributed by atoms with Crippen molar-refractivity contribution in [1.82, 2.24) is 4.90 Å². The van der Waals surface area contributed by atoms with Crippen LogP contribution in [0.25, 0.3) is 0 Å².